The van der Waals surface area contributed by atoms with E-state index in [0.29, 0.717) is 51.4 Å². The SMILES string of the molecule is CC1(C)CCC2(C(=O)OC3OC(CO)C(O)C(O)C3O)CCC3(C)C(=CCC4C5(C)CCC(OC6OC(CO)C(O)C(O)C6OC6OC(CO)C(O)C(O)C6O)C(C)(C=O)C5CCC43C)C2C1. The lowest BCUT2D eigenvalue weighted by molar-refractivity contribution is -0.377. The molecule has 4 saturated carbocycles. The molecule has 8 rings (SSSR count). The van der Waals surface area contributed by atoms with Crippen molar-refractivity contribution in [3.05, 3.63) is 11.6 Å². The normalized spacial score (nSPS) is 54.0. The molecule has 0 aromatic heterocycles. The number of ether oxygens (including phenoxy) is 6. The number of carbonyl (C=O) groups excluding carboxylic acids is 2. The zero-order valence-corrected chi connectivity index (χ0v) is 39.5. The van der Waals surface area contributed by atoms with Crippen LogP contribution in [0.1, 0.15) is 106 Å². The van der Waals surface area contributed by atoms with Gasteiger partial charge in [0.2, 0.25) is 6.29 Å². The third kappa shape index (κ3) is 8.01. The standard InChI is InChI=1S/C48H76O19/c1-43(2)13-15-48(42(61)67-40-37(60)34(57)31(54)25(19-50)63-40)16-14-46(5)22(23(48)17-43)7-8-28-44(3)11-10-29(45(4,21-52)27(44)9-12-47(28,46)6)65-41-38(35(58)32(55)26(20-51)64-41)66-39-36(59)33(56)30(53)24(18-49)62-39/h7,21,23-41,49-51,53-60H,8-20H2,1-6H3. The van der Waals surface area contributed by atoms with Crippen LogP contribution in [0.2, 0.25) is 0 Å². The number of rotatable bonds is 10. The number of fused-ring (bicyclic) bond motifs is 7. The lowest BCUT2D eigenvalue weighted by Gasteiger charge is -2.71. The lowest BCUT2D eigenvalue weighted by atomic mass is 9.33. The van der Waals surface area contributed by atoms with Crippen LogP contribution in [0.15, 0.2) is 11.6 Å². The minimum atomic E-state index is -1.84. The van der Waals surface area contributed by atoms with Crippen molar-refractivity contribution in [2.75, 3.05) is 19.8 Å². The number of hydrogen-bond donors (Lipinski definition) is 11. The van der Waals surface area contributed by atoms with Crippen molar-refractivity contribution in [3.8, 4) is 0 Å². The van der Waals surface area contributed by atoms with Crippen LogP contribution in [-0.2, 0) is 38.0 Å². The summed E-state index contributed by atoms with van der Waals surface area (Å²) < 4.78 is 35.8. The average molecular weight is 957 g/mol. The Morgan fingerprint density at radius 1 is 0.642 bits per heavy atom. The highest BCUT2D eigenvalue weighted by atomic mass is 16.8. The van der Waals surface area contributed by atoms with E-state index >= 15 is 0 Å². The van der Waals surface area contributed by atoms with Crippen LogP contribution in [0.25, 0.3) is 0 Å². The summed E-state index contributed by atoms with van der Waals surface area (Å²) in [5.74, 6) is -0.833. The van der Waals surface area contributed by atoms with Crippen LogP contribution in [0.4, 0.5) is 0 Å². The summed E-state index contributed by atoms with van der Waals surface area (Å²) in [5.41, 5.74) is -1.98. The van der Waals surface area contributed by atoms with Gasteiger partial charge in [-0.2, -0.15) is 0 Å². The highest BCUT2D eigenvalue weighted by molar-refractivity contribution is 5.79. The molecule has 0 aromatic rings. The van der Waals surface area contributed by atoms with Crippen molar-refractivity contribution >= 4 is 12.3 Å². The zero-order valence-electron chi connectivity index (χ0n) is 39.5. The van der Waals surface area contributed by atoms with Crippen LogP contribution in [0, 0.1) is 50.2 Å². The molecule has 0 amide bonds. The molecule has 3 heterocycles. The molecule has 24 atom stereocenters. The molecular formula is C48H76O19. The highest BCUT2D eigenvalue weighted by Gasteiger charge is 2.71. The molecule has 19 heteroatoms. The minimum Gasteiger partial charge on any atom is -0.432 e. The Balaban J connectivity index is 1.06. The molecule has 24 unspecified atom stereocenters. The van der Waals surface area contributed by atoms with Gasteiger partial charge in [-0.15, -0.1) is 0 Å². The molecule has 5 aliphatic carbocycles. The molecule has 0 radical (unpaired) electrons. The molecule has 19 nitrogen and oxygen atoms in total. The van der Waals surface area contributed by atoms with E-state index in [4.69, 9.17) is 28.4 Å². The molecule has 0 bridgehead atoms. The van der Waals surface area contributed by atoms with Crippen LogP contribution in [0.5, 0.6) is 0 Å². The molecule has 7 fully saturated rings. The summed E-state index contributed by atoms with van der Waals surface area (Å²) in [6, 6.07) is 0. The maximum absolute atomic E-state index is 14.7. The Hall–Kier alpha value is -1.76. The topological polar surface area (TPSA) is 312 Å². The molecule has 3 saturated heterocycles. The maximum atomic E-state index is 14.7. The van der Waals surface area contributed by atoms with Crippen molar-refractivity contribution in [3.63, 3.8) is 0 Å². The van der Waals surface area contributed by atoms with Gasteiger partial charge in [-0.25, -0.2) is 0 Å². The zero-order chi connectivity index (χ0) is 49.0. The molecule has 3 aliphatic heterocycles. The second-order valence-electron chi connectivity index (χ2n) is 23.1. The van der Waals surface area contributed by atoms with E-state index in [-0.39, 0.29) is 39.4 Å². The largest absolute Gasteiger partial charge is 0.432 e. The highest BCUT2D eigenvalue weighted by Crippen LogP contribution is 2.76. The van der Waals surface area contributed by atoms with Crippen LogP contribution < -0.4 is 0 Å². The quantitative estimate of drug-likeness (QED) is 0.0559. The molecule has 11 N–H and O–H groups in total. The molecule has 67 heavy (non-hydrogen) atoms. The van der Waals surface area contributed by atoms with Crippen molar-refractivity contribution in [1.82, 2.24) is 0 Å². The Morgan fingerprint density at radius 3 is 1.79 bits per heavy atom. The van der Waals surface area contributed by atoms with E-state index < -0.39 is 135 Å². The van der Waals surface area contributed by atoms with Crippen molar-refractivity contribution < 1.29 is 94.2 Å². The van der Waals surface area contributed by atoms with E-state index in [2.05, 4.69) is 40.7 Å². The van der Waals surface area contributed by atoms with Gasteiger partial charge in [-0.05, 0) is 104 Å². The van der Waals surface area contributed by atoms with Crippen molar-refractivity contribution in [2.24, 2.45) is 50.2 Å². The lowest BCUT2D eigenvalue weighted by Crippen LogP contribution is -2.67. The summed E-state index contributed by atoms with van der Waals surface area (Å²) in [5, 5.41) is 115. The summed E-state index contributed by atoms with van der Waals surface area (Å²) in [7, 11) is 0. The number of hydrogen-bond acceptors (Lipinski definition) is 19. The van der Waals surface area contributed by atoms with Gasteiger partial charge in [-0.1, -0.05) is 53.2 Å². The second kappa shape index (κ2) is 18.4. The number of aldehydes is 1. The Labute approximate surface area is 391 Å². The average Bonchev–Trinajstić information content (AvgIpc) is 3.29. The predicted octanol–water partition coefficient (Wildman–Crippen LogP) is -0.680. The first kappa shape index (κ1) is 51.6. The minimum absolute atomic E-state index is 0.0989. The number of carbonyl (C=O) groups is 2. The van der Waals surface area contributed by atoms with Crippen LogP contribution in [-0.4, -0.2) is 186 Å². The second-order valence-corrected chi connectivity index (χ2v) is 23.1. The first-order valence-corrected chi connectivity index (χ1v) is 24.3. The first-order valence-electron chi connectivity index (χ1n) is 24.3. The van der Waals surface area contributed by atoms with Crippen LogP contribution in [0.3, 0.4) is 0 Å². The Kier molecular flexibility index (Phi) is 14.1. The van der Waals surface area contributed by atoms with E-state index in [0.717, 1.165) is 19.1 Å². The smallest absolute Gasteiger partial charge is 0.315 e. The molecule has 0 aromatic carbocycles. The van der Waals surface area contributed by atoms with Gasteiger partial charge in [-0.3, -0.25) is 4.79 Å². The predicted molar refractivity (Wildman–Crippen MR) is 231 cm³/mol. The Bertz CT molecular complexity index is 1850. The molecule has 8 aliphatic rings. The first-order chi connectivity index (χ1) is 31.4. The third-order valence-electron chi connectivity index (χ3n) is 19.3. The van der Waals surface area contributed by atoms with Gasteiger partial charge in [0, 0.05) is 0 Å². The van der Waals surface area contributed by atoms with Gasteiger partial charge in [0.05, 0.1) is 36.8 Å². The van der Waals surface area contributed by atoms with E-state index in [1.165, 1.54) is 5.57 Å². The van der Waals surface area contributed by atoms with E-state index in [9.17, 15) is 65.8 Å². The number of aliphatic hydroxyl groups excluding tert-OH is 11. The van der Waals surface area contributed by atoms with Crippen molar-refractivity contribution in [1.29, 1.82) is 0 Å². The molecular weight excluding hydrogens is 881 g/mol. The fourth-order valence-electron chi connectivity index (χ4n) is 14.9. The summed E-state index contributed by atoms with van der Waals surface area (Å²) in [4.78, 5) is 28.4. The van der Waals surface area contributed by atoms with Gasteiger partial charge in [0.15, 0.2) is 12.6 Å². The van der Waals surface area contributed by atoms with E-state index in [1.807, 2.05) is 6.92 Å². The number of esters is 1. The monoisotopic (exact) mass is 956 g/mol. The summed E-state index contributed by atoms with van der Waals surface area (Å²) in [6.45, 7) is 11.2. The number of aliphatic hydroxyl groups is 11. The fraction of sp³-hybridized carbons (Fsp3) is 0.917. The fourth-order valence-corrected chi connectivity index (χ4v) is 14.9. The Morgan fingerprint density at radius 2 is 1.19 bits per heavy atom. The summed E-state index contributed by atoms with van der Waals surface area (Å²) >= 11 is 0. The van der Waals surface area contributed by atoms with Gasteiger partial charge in [0.1, 0.15) is 79.5 Å². The number of allylic oxidation sites excluding steroid dienone is 2. The van der Waals surface area contributed by atoms with Gasteiger partial charge in [0.25, 0.3) is 0 Å². The maximum Gasteiger partial charge on any atom is 0.315 e. The van der Waals surface area contributed by atoms with Gasteiger partial charge >= 0.3 is 5.97 Å². The van der Waals surface area contributed by atoms with Crippen molar-refractivity contribution in [2.45, 2.75) is 204 Å². The molecule has 382 valence electrons. The van der Waals surface area contributed by atoms with Crippen LogP contribution >= 0.6 is 0 Å². The molecule has 0 spiro atoms. The van der Waals surface area contributed by atoms with Gasteiger partial charge < -0.3 is 89.4 Å². The third-order valence-corrected chi connectivity index (χ3v) is 19.3. The summed E-state index contributed by atoms with van der Waals surface area (Å²) in [6.07, 6.45) is -15.3. The van der Waals surface area contributed by atoms with E-state index in [1.54, 1.807) is 0 Å².